The number of rotatable bonds is 4. The van der Waals surface area contributed by atoms with Crippen molar-refractivity contribution in [3.05, 3.63) is 29.8 Å². The SMILES string of the molecule is CCN([C@H]1CCS(=O)(=O)C1)S(=O)(=O)c1ccc(F)c(F)c1. The third-order valence-electron chi connectivity index (χ3n) is 3.42. The smallest absolute Gasteiger partial charge is 0.229 e. The van der Waals surface area contributed by atoms with Crippen LogP contribution in [0.3, 0.4) is 0 Å². The van der Waals surface area contributed by atoms with Crippen LogP contribution in [0.15, 0.2) is 23.1 Å². The van der Waals surface area contributed by atoms with Gasteiger partial charge in [0.2, 0.25) is 10.0 Å². The zero-order valence-electron chi connectivity index (χ0n) is 11.3. The quantitative estimate of drug-likeness (QED) is 0.825. The van der Waals surface area contributed by atoms with Gasteiger partial charge in [-0.2, -0.15) is 4.31 Å². The highest BCUT2D eigenvalue weighted by molar-refractivity contribution is 7.92. The van der Waals surface area contributed by atoms with Gasteiger partial charge in [-0.25, -0.2) is 25.6 Å². The third-order valence-corrected chi connectivity index (χ3v) is 7.20. The van der Waals surface area contributed by atoms with Crippen LogP contribution in [0, 0.1) is 11.6 Å². The second-order valence-electron chi connectivity index (χ2n) is 4.84. The lowest BCUT2D eigenvalue weighted by atomic mass is 10.3. The molecule has 0 N–H and O–H groups in total. The molecule has 0 bridgehead atoms. The van der Waals surface area contributed by atoms with E-state index < -0.39 is 37.5 Å². The average Bonchev–Trinajstić information content (AvgIpc) is 2.73. The summed E-state index contributed by atoms with van der Waals surface area (Å²) in [6.07, 6.45) is 0.207. The summed E-state index contributed by atoms with van der Waals surface area (Å²) in [4.78, 5) is -0.382. The van der Waals surface area contributed by atoms with Crippen LogP contribution in [0.1, 0.15) is 13.3 Å². The van der Waals surface area contributed by atoms with E-state index in [1.807, 2.05) is 0 Å². The first-order valence-electron chi connectivity index (χ1n) is 6.34. The molecule has 1 aromatic rings. The zero-order chi connectivity index (χ0) is 15.8. The number of benzene rings is 1. The maximum atomic E-state index is 13.2. The van der Waals surface area contributed by atoms with Crippen LogP contribution in [-0.4, -0.2) is 45.2 Å². The Morgan fingerprint density at radius 2 is 1.95 bits per heavy atom. The maximum Gasteiger partial charge on any atom is 0.243 e. The van der Waals surface area contributed by atoms with Crippen molar-refractivity contribution >= 4 is 19.9 Å². The van der Waals surface area contributed by atoms with Crippen LogP contribution in [0.4, 0.5) is 8.78 Å². The fourth-order valence-electron chi connectivity index (χ4n) is 2.40. The fourth-order valence-corrected chi connectivity index (χ4v) is 5.90. The van der Waals surface area contributed by atoms with Gasteiger partial charge in [0.25, 0.3) is 0 Å². The van der Waals surface area contributed by atoms with Gasteiger partial charge in [0, 0.05) is 12.6 Å². The Morgan fingerprint density at radius 3 is 2.43 bits per heavy atom. The van der Waals surface area contributed by atoms with Crippen LogP contribution >= 0.6 is 0 Å². The van der Waals surface area contributed by atoms with Gasteiger partial charge in [-0.3, -0.25) is 0 Å². The first kappa shape index (κ1) is 16.3. The van der Waals surface area contributed by atoms with E-state index in [-0.39, 0.29) is 29.4 Å². The van der Waals surface area contributed by atoms with Crippen LogP contribution in [0.5, 0.6) is 0 Å². The standard InChI is InChI=1S/C12H15F2NO4S2/c1-2-15(9-5-6-20(16,17)8-9)21(18,19)10-3-4-11(13)12(14)7-10/h3-4,7,9H,2,5-6,8H2,1H3/t9-/m0/s1. The average molecular weight is 339 g/mol. The van der Waals surface area contributed by atoms with Gasteiger partial charge >= 0.3 is 0 Å². The largest absolute Gasteiger partial charge is 0.243 e. The van der Waals surface area contributed by atoms with Crippen molar-refractivity contribution in [2.75, 3.05) is 18.1 Å². The molecule has 9 heteroatoms. The second kappa shape index (κ2) is 5.62. The minimum atomic E-state index is -4.06. The van der Waals surface area contributed by atoms with Crippen molar-refractivity contribution in [3.8, 4) is 0 Å². The summed E-state index contributed by atoms with van der Waals surface area (Å²) >= 11 is 0. The molecule has 1 aromatic carbocycles. The number of sulfone groups is 1. The summed E-state index contributed by atoms with van der Waals surface area (Å²) < 4.78 is 75.1. The van der Waals surface area contributed by atoms with Crippen molar-refractivity contribution in [1.29, 1.82) is 0 Å². The Bertz CT molecular complexity index is 747. The van der Waals surface area contributed by atoms with Crippen molar-refractivity contribution in [3.63, 3.8) is 0 Å². The molecule has 118 valence electrons. The Morgan fingerprint density at radius 1 is 1.29 bits per heavy atom. The molecule has 21 heavy (non-hydrogen) atoms. The molecule has 0 unspecified atom stereocenters. The molecular weight excluding hydrogens is 324 g/mol. The Kier molecular flexibility index (Phi) is 4.36. The zero-order valence-corrected chi connectivity index (χ0v) is 12.9. The van der Waals surface area contributed by atoms with Crippen molar-refractivity contribution in [2.45, 2.75) is 24.3 Å². The molecule has 2 rings (SSSR count). The number of hydrogen-bond acceptors (Lipinski definition) is 4. The molecule has 1 aliphatic rings. The second-order valence-corrected chi connectivity index (χ2v) is 8.96. The normalized spacial score (nSPS) is 21.8. The summed E-state index contributed by atoms with van der Waals surface area (Å²) in [5, 5.41) is 0. The highest BCUT2D eigenvalue weighted by atomic mass is 32.2. The monoisotopic (exact) mass is 339 g/mol. The Labute approximate surface area is 122 Å². The van der Waals surface area contributed by atoms with Crippen molar-refractivity contribution < 1.29 is 25.6 Å². The van der Waals surface area contributed by atoms with Gasteiger partial charge in [0.1, 0.15) is 0 Å². The molecule has 1 heterocycles. The molecule has 0 radical (unpaired) electrons. The van der Waals surface area contributed by atoms with Crippen LogP contribution in [0.2, 0.25) is 0 Å². The summed E-state index contributed by atoms with van der Waals surface area (Å²) in [6, 6.07) is 1.65. The molecule has 1 saturated heterocycles. The van der Waals surface area contributed by atoms with Gasteiger partial charge in [-0.05, 0) is 24.6 Å². The molecular formula is C12H15F2NO4S2. The number of halogens is 2. The highest BCUT2D eigenvalue weighted by Gasteiger charge is 2.38. The van der Waals surface area contributed by atoms with E-state index in [0.29, 0.717) is 6.07 Å². The third kappa shape index (κ3) is 3.24. The molecule has 1 fully saturated rings. The first-order valence-corrected chi connectivity index (χ1v) is 9.61. The van der Waals surface area contributed by atoms with Gasteiger partial charge < -0.3 is 0 Å². The molecule has 0 amide bonds. The first-order chi connectivity index (χ1) is 9.67. The predicted octanol–water partition coefficient (Wildman–Crippen LogP) is 1.16. The molecule has 1 atom stereocenters. The van der Waals surface area contributed by atoms with Crippen LogP contribution < -0.4 is 0 Å². The number of sulfonamides is 1. The predicted molar refractivity (Wildman–Crippen MR) is 73.0 cm³/mol. The molecule has 0 spiro atoms. The van der Waals surface area contributed by atoms with E-state index in [2.05, 4.69) is 0 Å². The molecule has 0 aromatic heterocycles. The van der Waals surface area contributed by atoms with Crippen LogP contribution in [-0.2, 0) is 19.9 Å². The summed E-state index contributed by atoms with van der Waals surface area (Å²) in [5.41, 5.74) is 0. The van der Waals surface area contributed by atoms with Crippen molar-refractivity contribution in [1.82, 2.24) is 4.31 Å². The topological polar surface area (TPSA) is 71.5 Å². The van der Waals surface area contributed by atoms with E-state index in [0.717, 1.165) is 16.4 Å². The number of hydrogen-bond donors (Lipinski definition) is 0. The Balaban J connectivity index is 2.38. The number of nitrogens with zero attached hydrogens (tertiary/aromatic N) is 1. The molecule has 0 aliphatic carbocycles. The maximum absolute atomic E-state index is 13.2. The Hall–Kier alpha value is -1.06. The van der Waals surface area contributed by atoms with E-state index >= 15 is 0 Å². The summed E-state index contributed by atoms with van der Waals surface area (Å²) in [7, 11) is -7.31. The summed E-state index contributed by atoms with van der Waals surface area (Å²) in [5.74, 6) is -2.71. The van der Waals surface area contributed by atoms with E-state index in [1.54, 1.807) is 6.92 Å². The summed E-state index contributed by atoms with van der Waals surface area (Å²) in [6.45, 7) is 1.63. The van der Waals surface area contributed by atoms with E-state index in [1.165, 1.54) is 0 Å². The lowest BCUT2D eigenvalue weighted by Gasteiger charge is -2.25. The molecule has 1 aliphatic heterocycles. The van der Waals surface area contributed by atoms with Gasteiger partial charge in [-0.15, -0.1) is 0 Å². The van der Waals surface area contributed by atoms with E-state index in [9.17, 15) is 25.6 Å². The highest BCUT2D eigenvalue weighted by Crippen LogP contribution is 2.25. The lowest BCUT2D eigenvalue weighted by molar-refractivity contribution is 0.354. The van der Waals surface area contributed by atoms with E-state index in [4.69, 9.17) is 0 Å². The molecule has 5 nitrogen and oxygen atoms in total. The van der Waals surface area contributed by atoms with Gasteiger partial charge in [0.05, 0.1) is 16.4 Å². The molecule has 0 saturated carbocycles. The van der Waals surface area contributed by atoms with Crippen LogP contribution in [0.25, 0.3) is 0 Å². The van der Waals surface area contributed by atoms with Crippen molar-refractivity contribution in [2.24, 2.45) is 0 Å². The minimum Gasteiger partial charge on any atom is -0.229 e. The lowest BCUT2D eigenvalue weighted by Crippen LogP contribution is -2.40. The fraction of sp³-hybridized carbons (Fsp3) is 0.500. The van der Waals surface area contributed by atoms with Gasteiger partial charge in [-0.1, -0.05) is 6.92 Å². The van der Waals surface area contributed by atoms with Gasteiger partial charge in [0.15, 0.2) is 21.5 Å². The minimum absolute atomic E-state index is 0.0571.